The lowest BCUT2D eigenvalue weighted by Gasteiger charge is -2.09. The molecular formula is C13H16N2O2. The van der Waals surface area contributed by atoms with Crippen LogP contribution in [-0.4, -0.2) is 25.5 Å². The number of carbonyl (C=O) groups excluding carboxylic acids is 1. The van der Waals surface area contributed by atoms with Crippen molar-refractivity contribution in [2.45, 2.75) is 18.9 Å². The average molecular weight is 232 g/mol. The summed E-state index contributed by atoms with van der Waals surface area (Å²) in [6.07, 6.45) is 0.966. The second kappa shape index (κ2) is 6.79. The molecule has 0 amide bonds. The fourth-order valence-corrected chi connectivity index (χ4v) is 1.46. The minimum Gasteiger partial charge on any atom is -0.385 e. The molecule has 90 valence electrons. The zero-order valence-corrected chi connectivity index (χ0v) is 9.85. The summed E-state index contributed by atoms with van der Waals surface area (Å²) in [5, 5.41) is 8.64. The summed E-state index contributed by atoms with van der Waals surface area (Å²) in [5.41, 5.74) is 6.94. The Morgan fingerprint density at radius 1 is 1.47 bits per heavy atom. The van der Waals surface area contributed by atoms with Gasteiger partial charge in [0.15, 0.2) is 5.78 Å². The minimum atomic E-state index is -0.182. The summed E-state index contributed by atoms with van der Waals surface area (Å²) < 4.78 is 4.90. The Morgan fingerprint density at radius 2 is 2.12 bits per heavy atom. The number of nitriles is 1. The topological polar surface area (TPSA) is 76.1 Å². The molecule has 0 saturated carbocycles. The van der Waals surface area contributed by atoms with Crippen LogP contribution in [0.15, 0.2) is 24.3 Å². The highest BCUT2D eigenvalue weighted by molar-refractivity contribution is 5.96. The summed E-state index contributed by atoms with van der Waals surface area (Å²) in [4.78, 5) is 11.8. The summed E-state index contributed by atoms with van der Waals surface area (Å²) >= 11 is 0. The monoisotopic (exact) mass is 232 g/mol. The van der Waals surface area contributed by atoms with Crippen molar-refractivity contribution >= 4 is 5.78 Å². The molecule has 0 aliphatic carbocycles. The van der Waals surface area contributed by atoms with Gasteiger partial charge in [0.2, 0.25) is 0 Å². The van der Waals surface area contributed by atoms with E-state index in [-0.39, 0.29) is 11.8 Å². The molecule has 1 aromatic carbocycles. The van der Waals surface area contributed by atoms with E-state index in [2.05, 4.69) is 0 Å². The van der Waals surface area contributed by atoms with E-state index in [4.69, 9.17) is 15.7 Å². The maximum absolute atomic E-state index is 11.8. The molecule has 17 heavy (non-hydrogen) atoms. The summed E-state index contributed by atoms with van der Waals surface area (Å²) in [6.45, 7) is 0.557. The van der Waals surface area contributed by atoms with Gasteiger partial charge in [0.1, 0.15) is 0 Å². The van der Waals surface area contributed by atoms with E-state index in [0.29, 0.717) is 30.6 Å². The van der Waals surface area contributed by atoms with Gasteiger partial charge in [-0.2, -0.15) is 5.26 Å². The van der Waals surface area contributed by atoms with E-state index in [0.717, 1.165) is 0 Å². The van der Waals surface area contributed by atoms with Crippen LogP contribution in [0.1, 0.15) is 28.8 Å². The van der Waals surface area contributed by atoms with Crippen LogP contribution in [0, 0.1) is 11.3 Å². The number of methoxy groups -OCH3 is 1. The molecule has 0 aromatic heterocycles. The molecule has 1 atom stereocenters. The van der Waals surface area contributed by atoms with Crippen LogP contribution in [0.4, 0.5) is 0 Å². The normalized spacial score (nSPS) is 11.8. The first-order valence-corrected chi connectivity index (χ1v) is 5.45. The first kappa shape index (κ1) is 13.4. The van der Waals surface area contributed by atoms with Crippen molar-refractivity contribution in [2.24, 2.45) is 5.73 Å². The van der Waals surface area contributed by atoms with Crippen LogP contribution in [0.2, 0.25) is 0 Å². The van der Waals surface area contributed by atoms with Crippen LogP contribution in [-0.2, 0) is 4.74 Å². The molecule has 0 spiro atoms. The van der Waals surface area contributed by atoms with E-state index in [9.17, 15) is 4.79 Å². The van der Waals surface area contributed by atoms with Gasteiger partial charge >= 0.3 is 0 Å². The number of benzene rings is 1. The van der Waals surface area contributed by atoms with Crippen LogP contribution >= 0.6 is 0 Å². The smallest absolute Gasteiger partial charge is 0.164 e. The molecule has 1 rings (SSSR count). The number of rotatable bonds is 6. The van der Waals surface area contributed by atoms with Gasteiger partial charge in [0, 0.05) is 31.7 Å². The number of carbonyl (C=O) groups is 1. The van der Waals surface area contributed by atoms with Crippen LogP contribution < -0.4 is 5.73 Å². The fraction of sp³-hybridized carbons (Fsp3) is 0.385. The number of hydrogen-bond donors (Lipinski definition) is 1. The Balaban J connectivity index is 2.54. The van der Waals surface area contributed by atoms with Gasteiger partial charge in [-0.05, 0) is 18.6 Å². The van der Waals surface area contributed by atoms with Crippen molar-refractivity contribution in [2.75, 3.05) is 13.7 Å². The zero-order valence-electron chi connectivity index (χ0n) is 9.85. The van der Waals surface area contributed by atoms with Gasteiger partial charge in [-0.3, -0.25) is 4.79 Å². The Kier molecular flexibility index (Phi) is 5.34. The third-order valence-electron chi connectivity index (χ3n) is 2.48. The number of ether oxygens (including phenoxy) is 1. The number of hydrogen-bond acceptors (Lipinski definition) is 4. The molecule has 0 heterocycles. The van der Waals surface area contributed by atoms with E-state index in [1.165, 1.54) is 0 Å². The minimum absolute atomic E-state index is 0.00177. The SMILES string of the molecule is COCCC(N)CC(=O)c1ccc(C#N)cc1. The van der Waals surface area contributed by atoms with Crippen LogP contribution in [0.5, 0.6) is 0 Å². The number of Topliss-reactive ketones (excluding diaryl/α,β-unsaturated/α-hetero) is 1. The molecule has 0 aliphatic rings. The maximum atomic E-state index is 11.8. The third kappa shape index (κ3) is 4.35. The Bertz CT molecular complexity index is 406. The average Bonchev–Trinajstić information content (AvgIpc) is 2.36. The van der Waals surface area contributed by atoms with E-state index in [1.807, 2.05) is 6.07 Å². The summed E-state index contributed by atoms with van der Waals surface area (Å²) in [5.74, 6) is -0.00177. The quantitative estimate of drug-likeness (QED) is 0.754. The van der Waals surface area contributed by atoms with Gasteiger partial charge in [-0.1, -0.05) is 12.1 Å². The second-order valence-electron chi connectivity index (χ2n) is 3.86. The van der Waals surface area contributed by atoms with Crippen molar-refractivity contribution in [1.82, 2.24) is 0 Å². The lowest BCUT2D eigenvalue weighted by atomic mass is 10.0. The molecular weight excluding hydrogens is 216 g/mol. The lowest BCUT2D eigenvalue weighted by molar-refractivity contribution is 0.0967. The van der Waals surface area contributed by atoms with E-state index in [1.54, 1.807) is 31.4 Å². The standard InChI is InChI=1S/C13H16N2O2/c1-17-7-6-12(15)8-13(16)11-4-2-10(9-14)3-5-11/h2-5,12H,6-8,15H2,1H3. The van der Waals surface area contributed by atoms with E-state index >= 15 is 0 Å². The predicted molar refractivity (Wildman–Crippen MR) is 64.6 cm³/mol. The van der Waals surface area contributed by atoms with Gasteiger partial charge in [0.25, 0.3) is 0 Å². The van der Waals surface area contributed by atoms with Crippen molar-refractivity contribution in [3.63, 3.8) is 0 Å². The summed E-state index contributed by atoms with van der Waals surface area (Å²) in [6, 6.07) is 8.41. The van der Waals surface area contributed by atoms with Gasteiger partial charge in [0.05, 0.1) is 11.6 Å². The van der Waals surface area contributed by atoms with Crippen molar-refractivity contribution in [1.29, 1.82) is 5.26 Å². The molecule has 0 bridgehead atoms. The zero-order chi connectivity index (χ0) is 12.7. The Morgan fingerprint density at radius 3 is 2.65 bits per heavy atom. The van der Waals surface area contributed by atoms with Crippen molar-refractivity contribution in [3.05, 3.63) is 35.4 Å². The molecule has 0 saturated heterocycles. The van der Waals surface area contributed by atoms with Crippen molar-refractivity contribution < 1.29 is 9.53 Å². The number of nitrogens with zero attached hydrogens (tertiary/aromatic N) is 1. The maximum Gasteiger partial charge on any atom is 0.164 e. The Hall–Kier alpha value is -1.70. The molecule has 1 aromatic rings. The number of ketones is 1. The molecule has 1 unspecified atom stereocenters. The molecule has 0 fully saturated rings. The molecule has 0 aliphatic heterocycles. The fourth-order valence-electron chi connectivity index (χ4n) is 1.46. The third-order valence-corrected chi connectivity index (χ3v) is 2.48. The number of nitrogens with two attached hydrogens (primary N) is 1. The van der Waals surface area contributed by atoms with Gasteiger partial charge in [-0.25, -0.2) is 0 Å². The molecule has 4 heteroatoms. The predicted octanol–water partition coefficient (Wildman–Crippen LogP) is 1.49. The van der Waals surface area contributed by atoms with E-state index < -0.39 is 0 Å². The lowest BCUT2D eigenvalue weighted by Crippen LogP contribution is -2.25. The highest BCUT2D eigenvalue weighted by Gasteiger charge is 2.11. The largest absolute Gasteiger partial charge is 0.385 e. The van der Waals surface area contributed by atoms with Crippen LogP contribution in [0.25, 0.3) is 0 Å². The van der Waals surface area contributed by atoms with Crippen LogP contribution in [0.3, 0.4) is 0 Å². The first-order valence-electron chi connectivity index (χ1n) is 5.45. The summed E-state index contributed by atoms with van der Waals surface area (Å²) in [7, 11) is 1.61. The first-order chi connectivity index (χ1) is 8.17. The molecule has 0 radical (unpaired) electrons. The molecule has 4 nitrogen and oxygen atoms in total. The highest BCUT2D eigenvalue weighted by atomic mass is 16.5. The van der Waals surface area contributed by atoms with Gasteiger partial charge < -0.3 is 10.5 Å². The van der Waals surface area contributed by atoms with Crippen molar-refractivity contribution in [3.8, 4) is 6.07 Å². The second-order valence-corrected chi connectivity index (χ2v) is 3.86. The van der Waals surface area contributed by atoms with Gasteiger partial charge in [-0.15, -0.1) is 0 Å². The molecule has 2 N–H and O–H groups in total. The Labute approximate surface area is 101 Å². The highest BCUT2D eigenvalue weighted by Crippen LogP contribution is 2.08.